The Bertz CT molecular complexity index is 3250. The Morgan fingerprint density at radius 2 is 1.20 bits per heavy atom. The maximum absolute atomic E-state index is 14.5. The van der Waals surface area contributed by atoms with E-state index < -0.39 is 60.3 Å². The minimum atomic E-state index is -4.33. The van der Waals surface area contributed by atoms with Crippen molar-refractivity contribution in [2.45, 2.75) is 119 Å². The molecule has 18 nitrogen and oxygen atoms in total. The van der Waals surface area contributed by atoms with Crippen molar-refractivity contribution in [3.05, 3.63) is 177 Å². The van der Waals surface area contributed by atoms with E-state index in [0.29, 0.717) is 59.1 Å². The van der Waals surface area contributed by atoms with E-state index in [1.807, 2.05) is 78.9 Å². The zero-order valence-corrected chi connectivity index (χ0v) is 52.2. The third-order valence-corrected chi connectivity index (χ3v) is 15.0. The number of rotatable bonds is 26. The topological polar surface area (TPSA) is 205 Å². The molecule has 0 aliphatic carbocycles. The van der Waals surface area contributed by atoms with Crippen LogP contribution in [0, 0.1) is 34.5 Å². The Morgan fingerprint density at radius 1 is 0.721 bits per heavy atom. The van der Waals surface area contributed by atoms with Gasteiger partial charge < -0.3 is 38.4 Å². The molecule has 7 rings (SSSR count). The van der Waals surface area contributed by atoms with Crippen molar-refractivity contribution in [1.82, 2.24) is 14.5 Å². The van der Waals surface area contributed by atoms with Gasteiger partial charge in [0, 0.05) is 32.1 Å². The Morgan fingerprint density at radius 3 is 1.66 bits per heavy atom. The standard InChI is InChI=1S/C67H81N4O14P/c1-46(2)39-70(40-47(3)4)45-68-61-50(18-16-17-37-80-86(76,81-42-48-21-29-56(30-22-48)83-62(73)65(5,6)7)82-43-49-23-31-57(32-24-49)84-63(74)66(8,9)10)41-71(64(75)69-61)60-38-58(72)59(85-60)44-79-67(51-19-14-13-15-20-51,52-25-33-54(77-11)34-26-52)53-27-35-55(78-12)36-28-53/h13-15,19-36,41,45-47,58-60,72H,17,37-40,42-44H2,1-12H3/b68-45+. The van der Waals surface area contributed by atoms with Crippen molar-refractivity contribution in [3.63, 3.8) is 0 Å². The van der Waals surface area contributed by atoms with Gasteiger partial charge in [0.15, 0.2) is 5.82 Å². The Balaban J connectivity index is 1.14. The van der Waals surface area contributed by atoms with E-state index in [1.165, 1.54) is 10.8 Å². The van der Waals surface area contributed by atoms with E-state index in [0.717, 1.165) is 16.7 Å². The molecule has 1 saturated heterocycles. The van der Waals surface area contributed by atoms with Crippen molar-refractivity contribution < 1.29 is 61.3 Å². The maximum Gasteiger partial charge on any atom is 0.475 e. The number of aliphatic hydroxyl groups is 1. The molecule has 1 aliphatic heterocycles. The largest absolute Gasteiger partial charge is 0.497 e. The lowest BCUT2D eigenvalue weighted by Gasteiger charge is -2.37. The molecule has 1 fully saturated rings. The number of hydrogen-bond donors (Lipinski definition) is 1. The van der Waals surface area contributed by atoms with E-state index in [1.54, 1.807) is 111 Å². The molecular formula is C67H81N4O14P. The number of ether oxygens (including phenoxy) is 6. The second-order valence-corrected chi connectivity index (χ2v) is 25.5. The Labute approximate surface area is 505 Å². The zero-order chi connectivity index (χ0) is 62.2. The van der Waals surface area contributed by atoms with Gasteiger partial charge in [-0.05, 0) is 130 Å². The van der Waals surface area contributed by atoms with Crippen LogP contribution in [-0.2, 0) is 56.0 Å². The quantitative estimate of drug-likeness (QED) is 0.00783. The second-order valence-electron chi connectivity index (χ2n) is 23.8. The van der Waals surface area contributed by atoms with Crippen LogP contribution < -0.4 is 24.6 Å². The normalized spacial score (nSPS) is 15.6. The van der Waals surface area contributed by atoms with E-state index in [-0.39, 0.29) is 50.7 Å². The van der Waals surface area contributed by atoms with Crippen molar-refractivity contribution in [2.75, 3.05) is 40.5 Å². The first-order valence-electron chi connectivity index (χ1n) is 28.8. The van der Waals surface area contributed by atoms with Gasteiger partial charge in [-0.25, -0.2) is 14.4 Å². The zero-order valence-electron chi connectivity index (χ0n) is 51.3. The number of aromatic nitrogens is 2. The predicted molar refractivity (Wildman–Crippen MR) is 328 cm³/mol. The first-order valence-corrected chi connectivity index (χ1v) is 30.2. The second kappa shape index (κ2) is 29.8. The van der Waals surface area contributed by atoms with Crippen molar-refractivity contribution >= 4 is 31.9 Å². The van der Waals surface area contributed by atoms with Gasteiger partial charge in [-0.15, -0.1) is 0 Å². The average molecular weight is 1200 g/mol. The minimum absolute atomic E-state index is 0.0110. The summed E-state index contributed by atoms with van der Waals surface area (Å²) >= 11 is 0. The maximum atomic E-state index is 14.5. The van der Waals surface area contributed by atoms with Crippen molar-refractivity contribution in [1.29, 1.82) is 0 Å². The molecule has 6 aromatic rings. The molecule has 1 N–H and O–H groups in total. The summed E-state index contributed by atoms with van der Waals surface area (Å²) in [5.41, 5.74) is 0.569. The van der Waals surface area contributed by atoms with Gasteiger partial charge in [-0.1, -0.05) is 118 Å². The molecule has 458 valence electrons. The number of nitrogens with zero attached hydrogens (tertiary/aromatic N) is 4. The minimum Gasteiger partial charge on any atom is -0.497 e. The molecule has 1 aromatic heterocycles. The number of phosphoric acid groups is 1. The molecule has 86 heavy (non-hydrogen) atoms. The number of benzene rings is 5. The van der Waals surface area contributed by atoms with Gasteiger partial charge in [0.2, 0.25) is 0 Å². The van der Waals surface area contributed by atoms with Crippen LogP contribution in [0.15, 0.2) is 143 Å². The van der Waals surface area contributed by atoms with Crippen molar-refractivity contribution in [2.24, 2.45) is 27.7 Å². The summed E-state index contributed by atoms with van der Waals surface area (Å²) in [7, 11) is -1.12. The summed E-state index contributed by atoms with van der Waals surface area (Å²) in [5, 5.41) is 11.7. The van der Waals surface area contributed by atoms with Gasteiger partial charge in [0.25, 0.3) is 0 Å². The highest BCUT2D eigenvalue weighted by atomic mass is 31.2. The summed E-state index contributed by atoms with van der Waals surface area (Å²) in [5.74, 6) is 8.09. The molecular weight excluding hydrogens is 1120 g/mol. The molecule has 1 aliphatic rings. The fourth-order valence-electron chi connectivity index (χ4n) is 9.03. The summed E-state index contributed by atoms with van der Waals surface area (Å²) in [6, 6.07) is 38.1. The van der Waals surface area contributed by atoms with Gasteiger partial charge >= 0.3 is 25.5 Å². The van der Waals surface area contributed by atoms with Crippen LogP contribution in [0.1, 0.15) is 122 Å². The number of phosphoric ester groups is 1. The lowest BCUT2D eigenvalue weighted by atomic mass is 9.80. The molecule has 0 spiro atoms. The first-order chi connectivity index (χ1) is 40.9. The smallest absolute Gasteiger partial charge is 0.475 e. The fourth-order valence-corrected chi connectivity index (χ4v) is 10.2. The van der Waals surface area contributed by atoms with Crippen LogP contribution >= 0.6 is 7.82 Å². The predicted octanol–water partition coefficient (Wildman–Crippen LogP) is 12.4. The number of methoxy groups -OCH3 is 2. The molecule has 5 aromatic carbocycles. The molecule has 0 radical (unpaired) electrons. The Kier molecular flexibility index (Phi) is 22.9. The number of esters is 2. The number of aliphatic imine (C=N–C) groups is 1. The fraction of sp³-hybridized carbons (Fsp3) is 0.418. The van der Waals surface area contributed by atoms with Crippen molar-refractivity contribution in [3.8, 4) is 34.8 Å². The van der Waals surface area contributed by atoms with Crippen LogP contribution in [0.25, 0.3) is 0 Å². The summed E-state index contributed by atoms with van der Waals surface area (Å²) in [6.45, 7) is 19.7. The number of hydrogen-bond acceptors (Lipinski definition) is 16. The SMILES string of the molecule is COc1ccc(C(OCC2OC(n3cc(C#CCCOP(=O)(OCc4ccc(OC(=O)C(C)(C)C)cc4)OCc4ccc(OC(=O)C(C)(C)C)cc4)c(/N=C/N(CC(C)C)CC(C)C)nc3=O)CC2O)(c2ccccc2)c2ccc(OC)cc2)cc1. The van der Waals surface area contributed by atoms with Crippen LogP contribution in [0.4, 0.5) is 5.82 Å². The van der Waals surface area contributed by atoms with Gasteiger partial charge in [-0.3, -0.25) is 27.7 Å². The highest BCUT2D eigenvalue weighted by Gasteiger charge is 2.42. The average Bonchev–Trinajstić information content (AvgIpc) is 0.983. The summed E-state index contributed by atoms with van der Waals surface area (Å²) in [4.78, 5) is 50.4. The highest BCUT2D eigenvalue weighted by Crippen LogP contribution is 2.51. The monoisotopic (exact) mass is 1200 g/mol. The molecule has 3 unspecified atom stereocenters. The molecule has 0 bridgehead atoms. The number of carbonyl (C=O) groups is 2. The molecule has 3 atom stereocenters. The van der Waals surface area contributed by atoms with Crippen LogP contribution in [0.5, 0.6) is 23.0 Å². The molecule has 0 saturated carbocycles. The van der Waals surface area contributed by atoms with Crippen LogP contribution in [0.3, 0.4) is 0 Å². The number of carbonyl (C=O) groups excluding carboxylic acids is 2. The van der Waals surface area contributed by atoms with E-state index in [2.05, 4.69) is 49.4 Å². The van der Waals surface area contributed by atoms with E-state index >= 15 is 0 Å². The summed E-state index contributed by atoms with van der Waals surface area (Å²) < 4.78 is 69.2. The third-order valence-electron chi connectivity index (χ3n) is 13.6. The van der Waals surface area contributed by atoms with Crippen LogP contribution in [-0.4, -0.2) is 90.6 Å². The molecule has 19 heteroatoms. The lowest BCUT2D eigenvalue weighted by molar-refractivity contribution is -0.143. The van der Waals surface area contributed by atoms with Gasteiger partial charge in [0.05, 0.1) is 69.5 Å². The first kappa shape index (κ1) is 66.1. The molecule has 0 amide bonds. The van der Waals surface area contributed by atoms with E-state index in [4.69, 9.17) is 47.0 Å². The lowest BCUT2D eigenvalue weighted by Crippen LogP contribution is -2.38. The van der Waals surface area contributed by atoms with Crippen LogP contribution in [0.2, 0.25) is 0 Å². The Hall–Kier alpha value is -7.46. The van der Waals surface area contributed by atoms with E-state index in [9.17, 15) is 24.1 Å². The number of aliphatic hydroxyl groups excluding tert-OH is 1. The summed E-state index contributed by atoms with van der Waals surface area (Å²) in [6.07, 6.45) is 0.304. The van der Waals surface area contributed by atoms with Gasteiger partial charge in [-0.2, -0.15) is 4.98 Å². The third kappa shape index (κ3) is 18.3. The highest BCUT2D eigenvalue weighted by molar-refractivity contribution is 7.48. The molecule has 2 heterocycles. The van der Waals surface area contributed by atoms with Gasteiger partial charge in [0.1, 0.15) is 40.9 Å².